The molecule has 1 aromatic carbocycles. The Hall–Kier alpha value is -3.09. The Kier molecular flexibility index (Phi) is 4.09. The summed E-state index contributed by atoms with van der Waals surface area (Å²) in [6, 6.07) is 11.5. The van der Waals surface area contributed by atoms with Gasteiger partial charge in [0.1, 0.15) is 11.5 Å². The number of nitrogens with zero attached hydrogens (tertiary/aromatic N) is 2. The van der Waals surface area contributed by atoms with Crippen LogP contribution in [0.15, 0.2) is 41.4 Å². The Labute approximate surface area is 133 Å². The van der Waals surface area contributed by atoms with E-state index in [0.29, 0.717) is 18.1 Å². The molecule has 0 atom stereocenters. The predicted octanol–water partition coefficient (Wildman–Crippen LogP) is 2.78. The number of fused-ring (bicyclic) bond motifs is 1. The third kappa shape index (κ3) is 3.23. The SMILES string of the molecule is CCOC(=O)Nc1cc2c(c(N)n1)N=C(c1ccccc1)CN2. The molecule has 0 radical (unpaired) electrons. The van der Waals surface area contributed by atoms with Crippen LogP contribution in [0.2, 0.25) is 0 Å². The number of nitrogens with two attached hydrogens (primary N) is 1. The predicted molar refractivity (Wildman–Crippen MR) is 90.4 cm³/mol. The lowest BCUT2D eigenvalue weighted by Gasteiger charge is -2.19. The lowest BCUT2D eigenvalue weighted by Crippen LogP contribution is -2.20. The fourth-order valence-electron chi connectivity index (χ4n) is 2.30. The highest BCUT2D eigenvalue weighted by atomic mass is 16.5. The van der Waals surface area contributed by atoms with E-state index in [0.717, 1.165) is 17.0 Å². The van der Waals surface area contributed by atoms with E-state index in [1.165, 1.54) is 0 Å². The summed E-state index contributed by atoms with van der Waals surface area (Å²) in [6.45, 7) is 2.59. The first kappa shape index (κ1) is 14.8. The smallest absolute Gasteiger partial charge is 0.412 e. The number of nitrogen functional groups attached to an aromatic ring is 1. The Morgan fingerprint density at radius 1 is 1.39 bits per heavy atom. The van der Waals surface area contributed by atoms with Crippen molar-refractivity contribution in [3.8, 4) is 0 Å². The summed E-state index contributed by atoms with van der Waals surface area (Å²) in [5, 5.41) is 5.79. The number of nitrogens with one attached hydrogen (secondary N) is 2. The molecule has 118 valence electrons. The van der Waals surface area contributed by atoms with Crippen LogP contribution in [0, 0.1) is 0 Å². The average molecular weight is 311 g/mol. The van der Waals surface area contributed by atoms with Gasteiger partial charge in [-0.25, -0.2) is 14.8 Å². The summed E-state index contributed by atoms with van der Waals surface area (Å²) in [5.74, 6) is 0.570. The van der Waals surface area contributed by atoms with Gasteiger partial charge in [0.25, 0.3) is 0 Å². The zero-order chi connectivity index (χ0) is 16.2. The van der Waals surface area contributed by atoms with Gasteiger partial charge >= 0.3 is 6.09 Å². The van der Waals surface area contributed by atoms with Crippen LogP contribution in [0.25, 0.3) is 0 Å². The van der Waals surface area contributed by atoms with Gasteiger partial charge < -0.3 is 15.8 Å². The van der Waals surface area contributed by atoms with Crippen LogP contribution >= 0.6 is 0 Å². The summed E-state index contributed by atoms with van der Waals surface area (Å²) in [4.78, 5) is 20.2. The second kappa shape index (κ2) is 6.35. The third-order valence-corrected chi connectivity index (χ3v) is 3.33. The molecule has 0 saturated carbocycles. The molecule has 0 spiro atoms. The Bertz CT molecular complexity index is 759. The summed E-state index contributed by atoms with van der Waals surface area (Å²) >= 11 is 0. The van der Waals surface area contributed by atoms with Crippen molar-refractivity contribution in [2.45, 2.75) is 6.92 Å². The first-order valence-electron chi connectivity index (χ1n) is 7.28. The number of aromatic nitrogens is 1. The van der Waals surface area contributed by atoms with Crippen LogP contribution in [-0.4, -0.2) is 29.9 Å². The van der Waals surface area contributed by atoms with Crippen LogP contribution in [0.1, 0.15) is 12.5 Å². The van der Waals surface area contributed by atoms with E-state index < -0.39 is 6.09 Å². The van der Waals surface area contributed by atoms with E-state index in [1.807, 2.05) is 30.3 Å². The number of carbonyl (C=O) groups excluding carboxylic acids is 1. The molecule has 23 heavy (non-hydrogen) atoms. The maximum Gasteiger partial charge on any atom is 0.412 e. The number of anilines is 3. The molecule has 2 aromatic rings. The van der Waals surface area contributed by atoms with Crippen molar-refractivity contribution in [1.29, 1.82) is 0 Å². The van der Waals surface area contributed by atoms with E-state index in [2.05, 4.69) is 20.6 Å². The maximum atomic E-state index is 11.5. The number of ether oxygens (including phenoxy) is 1. The first-order valence-corrected chi connectivity index (χ1v) is 7.28. The van der Waals surface area contributed by atoms with Gasteiger partial charge in [-0.3, -0.25) is 5.32 Å². The van der Waals surface area contributed by atoms with Crippen molar-refractivity contribution in [3.05, 3.63) is 42.0 Å². The van der Waals surface area contributed by atoms with Crippen molar-refractivity contribution < 1.29 is 9.53 Å². The molecular formula is C16H17N5O2. The van der Waals surface area contributed by atoms with Gasteiger partial charge in [0, 0.05) is 6.07 Å². The van der Waals surface area contributed by atoms with Crippen LogP contribution in [0.3, 0.4) is 0 Å². The molecule has 0 unspecified atom stereocenters. The number of rotatable bonds is 3. The summed E-state index contributed by atoms with van der Waals surface area (Å²) < 4.78 is 4.83. The van der Waals surface area contributed by atoms with Gasteiger partial charge in [-0.1, -0.05) is 30.3 Å². The molecule has 1 amide bonds. The minimum Gasteiger partial charge on any atom is -0.450 e. The van der Waals surface area contributed by atoms with Crippen molar-refractivity contribution in [2.75, 3.05) is 29.5 Å². The van der Waals surface area contributed by atoms with Crippen molar-refractivity contribution in [1.82, 2.24) is 4.98 Å². The van der Waals surface area contributed by atoms with Crippen LogP contribution < -0.4 is 16.4 Å². The number of carbonyl (C=O) groups is 1. The highest BCUT2D eigenvalue weighted by Gasteiger charge is 2.18. The molecule has 1 aromatic heterocycles. The number of pyridine rings is 1. The highest BCUT2D eigenvalue weighted by molar-refractivity contribution is 6.08. The second-order valence-electron chi connectivity index (χ2n) is 4.91. The molecule has 3 rings (SSSR count). The summed E-state index contributed by atoms with van der Waals surface area (Å²) in [6.07, 6.45) is -0.566. The van der Waals surface area contributed by atoms with Crippen LogP contribution in [-0.2, 0) is 4.74 Å². The third-order valence-electron chi connectivity index (χ3n) is 3.33. The average Bonchev–Trinajstić information content (AvgIpc) is 2.55. The van der Waals surface area contributed by atoms with E-state index in [-0.39, 0.29) is 12.4 Å². The van der Waals surface area contributed by atoms with E-state index in [9.17, 15) is 4.79 Å². The normalized spacial score (nSPS) is 12.7. The molecule has 1 aliphatic rings. The van der Waals surface area contributed by atoms with Crippen LogP contribution in [0.4, 0.5) is 27.8 Å². The number of aliphatic imine (C=N–C) groups is 1. The van der Waals surface area contributed by atoms with E-state index in [4.69, 9.17) is 10.5 Å². The van der Waals surface area contributed by atoms with Gasteiger partial charge in [-0.05, 0) is 12.5 Å². The van der Waals surface area contributed by atoms with Crippen molar-refractivity contribution in [2.24, 2.45) is 4.99 Å². The Balaban J connectivity index is 1.90. The van der Waals surface area contributed by atoms with Gasteiger partial charge in [0.2, 0.25) is 0 Å². The molecule has 1 aliphatic heterocycles. The number of hydrogen-bond acceptors (Lipinski definition) is 6. The molecule has 7 heteroatoms. The second-order valence-corrected chi connectivity index (χ2v) is 4.91. The fourth-order valence-corrected chi connectivity index (χ4v) is 2.30. The lowest BCUT2D eigenvalue weighted by atomic mass is 10.1. The number of hydrogen-bond donors (Lipinski definition) is 3. The Morgan fingerprint density at radius 3 is 2.91 bits per heavy atom. The van der Waals surface area contributed by atoms with Gasteiger partial charge in [-0.2, -0.15) is 0 Å². The molecule has 0 aliphatic carbocycles. The van der Waals surface area contributed by atoms with E-state index >= 15 is 0 Å². The van der Waals surface area contributed by atoms with Crippen LogP contribution in [0.5, 0.6) is 0 Å². The van der Waals surface area contributed by atoms with E-state index in [1.54, 1.807) is 13.0 Å². The number of amides is 1. The van der Waals surface area contributed by atoms with Gasteiger partial charge in [0.15, 0.2) is 5.82 Å². The molecule has 2 heterocycles. The first-order chi connectivity index (χ1) is 11.2. The topological polar surface area (TPSA) is 102 Å². The standard InChI is InChI=1S/C16H17N5O2/c1-2-23-16(22)21-13-8-11-14(15(17)20-13)19-12(9-18-11)10-6-4-3-5-7-10/h3-8,18H,2,9H2,1H3,(H3,17,20,21,22). The van der Waals surface area contributed by atoms with Gasteiger partial charge in [-0.15, -0.1) is 0 Å². The molecule has 4 N–H and O–H groups in total. The van der Waals surface area contributed by atoms with Gasteiger partial charge in [0.05, 0.1) is 24.6 Å². The van der Waals surface area contributed by atoms with Crippen molar-refractivity contribution in [3.63, 3.8) is 0 Å². The quantitative estimate of drug-likeness (QED) is 0.809. The zero-order valence-electron chi connectivity index (χ0n) is 12.7. The highest BCUT2D eigenvalue weighted by Crippen LogP contribution is 2.35. The largest absolute Gasteiger partial charge is 0.450 e. The molecule has 0 fully saturated rings. The zero-order valence-corrected chi connectivity index (χ0v) is 12.7. The molecular weight excluding hydrogens is 294 g/mol. The number of benzene rings is 1. The lowest BCUT2D eigenvalue weighted by molar-refractivity contribution is 0.168. The monoisotopic (exact) mass is 311 g/mol. The summed E-state index contributed by atoms with van der Waals surface area (Å²) in [5.41, 5.74) is 9.19. The molecule has 0 saturated heterocycles. The minimum absolute atomic E-state index is 0.245. The minimum atomic E-state index is -0.566. The molecule has 0 bridgehead atoms. The Morgan fingerprint density at radius 2 is 2.17 bits per heavy atom. The maximum absolute atomic E-state index is 11.5. The fraction of sp³-hybridized carbons (Fsp3) is 0.188. The molecule has 7 nitrogen and oxygen atoms in total. The summed E-state index contributed by atoms with van der Waals surface area (Å²) in [7, 11) is 0. The van der Waals surface area contributed by atoms with Crippen molar-refractivity contribution >= 4 is 34.8 Å².